The summed E-state index contributed by atoms with van der Waals surface area (Å²) in [6.45, 7) is 20.0. The maximum absolute atomic E-state index is 3.54. The molecule has 1 aliphatic rings. The van der Waals surface area contributed by atoms with Gasteiger partial charge in [-0.05, 0) is 31.6 Å². The molecular weight excluding hydrogens is 208 g/mol. The molecule has 1 fully saturated rings. The lowest BCUT2D eigenvalue weighted by molar-refractivity contribution is 0.00390. The van der Waals surface area contributed by atoms with E-state index in [2.05, 4.69) is 58.7 Å². The maximum atomic E-state index is 3.54. The van der Waals surface area contributed by atoms with Crippen LogP contribution >= 0.6 is 0 Å². The Balaban J connectivity index is 2.79. The fraction of sp³-hybridized carbons (Fsp3) is 1.00. The zero-order chi connectivity index (χ0) is 13.3. The van der Waals surface area contributed by atoms with Gasteiger partial charge in [-0.3, -0.25) is 4.90 Å². The molecule has 1 N–H and O–H groups in total. The van der Waals surface area contributed by atoms with Crippen molar-refractivity contribution >= 4 is 0 Å². The summed E-state index contributed by atoms with van der Waals surface area (Å²) >= 11 is 0. The molecule has 0 bridgehead atoms. The van der Waals surface area contributed by atoms with Crippen LogP contribution < -0.4 is 5.32 Å². The number of nitrogens with one attached hydrogen (secondary N) is 1. The summed E-state index contributed by atoms with van der Waals surface area (Å²) in [6.07, 6.45) is 1.25. The molecule has 2 heteroatoms. The molecule has 1 aliphatic heterocycles. The van der Waals surface area contributed by atoms with Crippen LogP contribution in [0.15, 0.2) is 0 Å². The topological polar surface area (TPSA) is 15.3 Å². The van der Waals surface area contributed by atoms with Crippen LogP contribution in [0.1, 0.15) is 54.9 Å². The lowest BCUT2D eigenvalue weighted by Gasteiger charge is -2.50. The SMILES string of the molecule is CC(C)C1CNCCN1C(C)(C)CC(C)(C)C. The summed E-state index contributed by atoms with van der Waals surface area (Å²) in [5.41, 5.74) is 0.700. The highest BCUT2D eigenvalue weighted by Gasteiger charge is 2.37. The summed E-state index contributed by atoms with van der Waals surface area (Å²) in [7, 11) is 0. The highest BCUT2D eigenvalue weighted by atomic mass is 15.3. The highest BCUT2D eigenvalue weighted by molar-refractivity contribution is 4.94. The molecule has 2 nitrogen and oxygen atoms in total. The standard InChI is InChI=1S/C15H32N2/c1-12(2)13-10-16-8-9-17(13)15(6,7)11-14(3,4)5/h12-13,16H,8-11H2,1-7H3. The van der Waals surface area contributed by atoms with E-state index in [9.17, 15) is 0 Å². The van der Waals surface area contributed by atoms with Crippen LogP contribution in [0.3, 0.4) is 0 Å². The van der Waals surface area contributed by atoms with E-state index >= 15 is 0 Å². The molecular formula is C15H32N2. The molecule has 0 amide bonds. The van der Waals surface area contributed by atoms with E-state index in [-0.39, 0.29) is 0 Å². The molecule has 0 aliphatic carbocycles. The fourth-order valence-corrected chi connectivity index (χ4v) is 3.47. The van der Waals surface area contributed by atoms with Crippen LogP contribution in [-0.2, 0) is 0 Å². The molecule has 17 heavy (non-hydrogen) atoms. The summed E-state index contributed by atoms with van der Waals surface area (Å²) in [5.74, 6) is 0.724. The molecule has 1 atom stereocenters. The van der Waals surface area contributed by atoms with E-state index in [4.69, 9.17) is 0 Å². The van der Waals surface area contributed by atoms with Gasteiger partial charge in [-0.2, -0.15) is 0 Å². The van der Waals surface area contributed by atoms with Gasteiger partial charge in [0.1, 0.15) is 0 Å². The van der Waals surface area contributed by atoms with Crippen LogP contribution in [0, 0.1) is 11.3 Å². The van der Waals surface area contributed by atoms with E-state index in [0.29, 0.717) is 17.0 Å². The van der Waals surface area contributed by atoms with Crippen molar-refractivity contribution in [3.8, 4) is 0 Å². The molecule has 0 aromatic heterocycles. The maximum Gasteiger partial charge on any atom is 0.0249 e. The normalized spacial score (nSPS) is 24.4. The highest BCUT2D eigenvalue weighted by Crippen LogP contribution is 2.34. The van der Waals surface area contributed by atoms with E-state index in [1.54, 1.807) is 0 Å². The van der Waals surface area contributed by atoms with E-state index in [1.807, 2.05) is 0 Å². The van der Waals surface area contributed by atoms with Crippen molar-refractivity contribution in [1.82, 2.24) is 10.2 Å². The summed E-state index contributed by atoms with van der Waals surface area (Å²) in [5, 5.41) is 3.54. The van der Waals surface area contributed by atoms with E-state index in [1.165, 1.54) is 13.0 Å². The van der Waals surface area contributed by atoms with Crippen molar-refractivity contribution in [3.05, 3.63) is 0 Å². The van der Waals surface area contributed by atoms with Crippen LogP contribution in [-0.4, -0.2) is 36.1 Å². The molecule has 1 rings (SSSR count). The monoisotopic (exact) mass is 240 g/mol. The predicted octanol–water partition coefficient (Wildman–Crippen LogP) is 3.13. The van der Waals surface area contributed by atoms with Gasteiger partial charge in [-0.15, -0.1) is 0 Å². The first kappa shape index (κ1) is 15.0. The number of rotatable bonds is 3. The average Bonchev–Trinajstić information content (AvgIpc) is 2.14. The van der Waals surface area contributed by atoms with E-state index in [0.717, 1.165) is 19.0 Å². The van der Waals surface area contributed by atoms with Gasteiger partial charge in [0.15, 0.2) is 0 Å². The second kappa shape index (κ2) is 5.27. The van der Waals surface area contributed by atoms with Gasteiger partial charge in [-0.25, -0.2) is 0 Å². The third-order valence-corrected chi connectivity index (χ3v) is 3.79. The van der Waals surface area contributed by atoms with Crippen LogP contribution in [0.4, 0.5) is 0 Å². The molecule has 1 heterocycles. The van der Waals surface area contributed by atoms with Crippen molar-refractivity contribution in [2.45, 2.75) is 66.5 Å². The van der Waals surface area contributed by atoms with Gasteiger partial charge in [-0.1, -0.05) is 34.6 Å². The fourth-order valence-electron chi connectivity index (χ4n) is 3.47. The van der Waals surface area contributed by atoms with Gasteiger partial charge >= 0.3 is 0 Å². The minimum absolute atomic E-state index is 0.301. The first-order valence-corrected chi connectivity index (χ1v) is 7.11. The van der Waals surface area contributed by atoms with Crippen molar-refractivity contribution in [2.24, 2.45) is 11.3 Å². The third-order valence-electron chi connectivity index (χ3n) is 3.79. The predicted molar refractivity (Wildman–Crippen MR) is 76.4 cm³/mol. The zero-order valence-electron chi connectivity index (χ0n) is 12.9. The van der Waals surface area contributed by atoms with Crippen molar-refractivity contribution in [1.29, 1.82) is 0 Å². The second-order valence-electron chi connectivity index (χ2n) is 7.76. The van der Waals surface area contributed by atoms with Crippen LogP contribution in [0.25, 0.3) is 0 Å². The minimum Gasteiger partial charge on any atom is -0.314 e. The zero-order valence-corrected chi connectivity index (χ0v) is 12.9. The number of hydrogen-bond acceptors (Lipinski definition) is 2. The smallest absolute Gasteiger partial charge is 0.0249 e. The Labute approximate surface area is 108 Å². The number of hydrogen-bond donors (Lipinski definition) is 1. The van der Waals surface area contributed by atoms with Crippen molar-refractivity contribution < 1.29 is 0 Å². The Morgan fingerprint density at radius 3 is 2.24 bits per heavy atom. The molecule has 0 aromatic carbocycles. The van der Waals surface area contributed by atoms with Gasteiger partial charge < -0.3 is 5.32 Å². The molecule has 0 radical (unpaired) electrons. The summed E-state index contributed by atoms with van der Waals surface area (Å²) in [4.78, 5) is 2.74. The molecule has 102 valence electrons. The third kappa shape index (κ3) is 4.26. The summed E-state index contributed by atoms with van der Waals surface area (Å²) < 4.78 is 0. The lowest BCUT2D eigenvalue weighted by Crippen LogP contribution is -2.61. The molecule has 0 spiro atoms. The Kier molecular flexibility index (Phi) is 4.65. The Bertz CT molecular complexity index is 238. The molecule has 1 saturated heterocycles. The minimum atomic E-state index is 0.301. The number of nitrogens with zero attached hydrogens (tertiary/aromatic N) is 1. The largest absolute Gasteiger partial charge is 0.314 e. The van der Waals surface area contributed by atoms with Crippen LogP contribution in [0.5, 0.6) is 0 Å². The van der Waals surface area contributed by atoms with E-state index < -0.39 is 0 Å². The molecule has 1 unspecified atom stereocenters. The second-order valence-corrected chi connectivity index (χ2v) is 7.76. The Morgan fingerprint density at radius 1 is 1.18 bits per heavy atom. The van der Waals surface area contributed by atoms with Gasteiger partial charge in [0.2, 0.25) is 0 Å². The Hall–Kier alpha value is -0.0800. The first-order chi connectivity index (χ1) is 7.63. The average molecular weight is 240 g/mol. The van der Waals surface area contributed by atoms with Crippen molar-refractivity contribution in [3.63, 3.8) is 0 Å². The number of piperazine rings is 1. The molecule has 0 aromatic rings. The van der Waals surface area contributed by atoms with Gasteiger partial charge in [0.25, 0.3) is 0 Å². The van der Waals surface area contributed by atoms with Gasteiger partial charge in [0.05, 0.1) is 0 Å². The van der Waals surface area contributed by atoms with Gasteiger partial charge in [0, 0.05) is 31.2 Å². The summed E-state index contributed by atoms with van der Waals surface area (Å²) in [6, 6.07) is 0.682. The quantitative estimate of drug-likeness (QED) is 0.815. The molecule has 0 saturated carbocycles. The van der Waals surface area contributed by atoms with Crippen molar-refractivity contribution in [2.75, 3.05) is 19.6 Å². The Morgan fingerprint density at radius 2 is 1.76 bits per heavy atom. The first-order valence-electron chi connectivity index (χ1n) is 7.11. The lowest BCUT2D eigenvalue weighted by atomic mass is 9.79. The van der Waals surface area contributed by atoms with Crippen LogP contribution in [0.2, 0.25) is 0 Å².